The molecule has 2 aromatic rings. The van der Waals surface area contributed by atoms with Crippen molar-refractivity contribution in [3.05, 3.63) is 48.0 Å². The summed E-state index contributed by atoms with van der Waals surface area (Å²) in [6.45, 7) is 5.97. The number of hydrogen-bond acceptors (Lipinski definition) is 4. The van der Waals surface area contributed by atoms with Crippen molar-refractivity contribution in [2.45, 2.75) is 51.9 Å². The Morgan fingerprint density at radius 2 is 2.19 bits per heavy atom. The molecular weight excluding hydrogens is 262 g/mol. The van der Waals surface area contributed by atoms with Crippen LogP contribution in [-0.2, 0) is 13.1 Å². The zero-order valence-electron chi connectivity index (χ0n) is 12.7. The van der Waals surface area contributed by atoms with Gasteiger partial charge >= 0.3 is 0 Å². The molecule has 1 saturated carbocycles. The van der Waals surface area contributed by atoms with Crippen LogP contribution in [0.1, 0.15) is 38.0 Å². The van der Waals surface area contributed by atoms with Gasteiger partial charge in [-0.1, -0.05) is 19.9 Å². The molecule has 2 aromatic heterocycles. The Morgan fingerprint density at radius 1 is 1.33 bits per heavy atom. The van der Waals surface area contributed by atoms with Crippen molar-refractivity contribution in [2.24, 2.45) is 0 Å². The number of anilines is 1. The van der Waals surface area contributed by atoms with E-state index in [1.165, 1.54) is 18.4 Å². The Bertz CT molecular complexity index is 544. The van der Waals surface area contributed by atoms with Gasteiger partial charge < -0.3 is 14.6 Å². The maximum Gasteiger partial charge on any atom is 0.129 e. The second-order valence-electron chi connectivity index (χ2n) is 6.00. The molecule has 0 aromatic carbocycles. The quantitative estimate of drug-likeness (QED) is 0.847. The van der Waals surface area contributed by atoms with Crippen LogP contribution < -0.4 is 10.2 Å². The first-order valence-corrected chi connectivity index (χ1v) is 7.69. The van der Waals surface area contributed by atoms with Crippen molar-refractivity contribution in [3.63, 3.8) is 0 Å². The van der Waals surface area contributed by atoms with Crippen LogP contribution in [0.5, 0.6) is 0 Å². The number of pyridine rings is 1. The van der Waals surface area contributed by atoms with Gasteiger partial charge in [-0.25, -0.2) is 4.98 Å². The number of hydrogen-bond donors (Lipinski definition) is 1. The van der Waals surface area contributed by atoms with Crippen LogP contribution in [-0.4, -0.2) is 17.1 Å². The molecule has 4 nitrogen and oxygen atoms in total. The largest absolute Gasteiger partial charge is 0.467 e. The molecule has 1 fully saturated rings. The van der Waals surface area contributed by atoms with Crippen LogP contribution in [0.2, 0.25) is 0 Å². The van der Waals surface area contributed by atoms with E-state index in [1.807, 2.05) is 18.3 Å². The maximum atomic E-state index is 5.47. The van der Waals surface area contributed by atoms with E-state index in [9.17, 15) is 0 Å². The molecule has 2 heterocycles. The Kier molecular flexibility index (Phi) is 4.25. The molecule has 0 spiro atoms. The highest BCUT2D eigenvalue weighted by molar-refractivity contribution is 5.42. The van der Waals surface area contributed by atoms with Crippen molar-refractivity contribution in [2.75, 3.05) is 4.90 Å². The molecule has 0 saturated heterocycles. The van der Waals surface area contributed by atoms with Crippen LogP contribution in [0.15, 0.2) is 41.1 Å². The van der Waals surface area contributed by atoms with E-state index in [0.717, 1.165) is 24.7 Å². The highest BCUT2D eigenvalue weighted by atomic mass is 16.3. The predicted octanol–water partition coefficient (Wildman–Crippen LogP) is 3.34. The van der Waals surface area contributed by atoms with Crippen LogP contribution in [0.3, 0.4) is 0 Å². The van der Waals surface area contributed by atoms with Gasteiger partial charge in [-0.3, -0.25) is 0 Å². The van der Waals surface area contributed by atoms with Crippen molar-refractivity contribution in [1.82, 2.24) is 10.3 Å². The second-order valence-corrected chi connectivity index (χ2v) is 6.00. The molecule has 3 rings (SSSR count). The van der Waals surface area contributed by atoms with Gasteiger partial charge in [-0.15, -0.1) is 0 Å². The summed E-state index contributed by atoms with van der Waals surface area (Å²) in [5.74, 6) is 2.04. The van der Waals surface area contributed by atoms with Crippen molar-refractivity contribution in [3.8, 4) is 0 Å². The van der Waals surface area contributed by atoms with Gasteiger partial charge in [-0.2, -0.15) is 0 Å². The highest BCUT2D eigenvalue weighted by Gasteiger charge is 2.30. The van der Waals surface area contributed by atoms with Crippen molar-refractivity contribution in [1.29, 1.82) is 0 Å². The van der Waals surface area contributed by atoms with Gasteiger partial charge in [0.2, 0.25) is 0 Å². The first-order chi connectivity index (χ1) is 10.2. The lowest BCUT2D eigenvalue weighted by Crippen LogP contribution is -2.26. The minimum atomic E-state index is 0.492. The van der Waals surface area contributed by atoms with Crippen molar-refractivity contribution < 1.29 is 4.42 Å². The van der Waals surface area contributed by atoms with Gasteiger partial charge in [0.25, 0.3) is 0 Å². The Morgan fingerprint density at radius 3 is 2.76 bits per heavy atom. The fraction of sp³-hybridized carbons (Fsp3) is 0.471. The minimum Gasteiger partial charge on any atom is -0.467 e. The number of aromatic nitrogens is 1. The fourth-order valence-electron chi connectivity index (χ4n) is 2.37. The summed E-state index contributed by atoms with van der Waals surface area (Å²) in [6.07, 6.45) is 6.20. The Hall–Kier alpha value is -1.81. The molecule has 0 bridgehead atoms. The van der Waals surface area contributed by atoms with E-state index < -0.39 is 0 Å². The molecule has 0 amide bonds. The second kappa shape index (κ2) is 6.31. The summed E-state index contributed by atoms with van der Waals surface area (Å²) in [4.78, 5) is 6.99. The van der Waals surface area contributed by atoms with Crippen LogP contribution >= 0.6 is 0 Å². The van der Waals surface area contributed by atoms with E-state index in [1.54, 1.807) is 6.26 Å². The number of rotatable bonds is 7. The lowest BCUT2D eigenvalue weighted by molar-refractivity contribution is 0.500. The molecule has 21 heavy (non-hydrogen) atoms. The topological polar surface area (TPSA) is 41.3 Å². The average Bonchev–Trinajstić information content (AvgIpc) is 3.20. The predicted molar refractivity (Wildman–Crippen MR) is 84.1 cm³/mol. The molecule has 0 atom stereocenters. The van der Waals surface area contributed by atoms with E-state index in [0.29, 0.717) is 12.1 Å². The summed E-state index contributed by atoms with van der Waals surface area (Å²) in [6, 6.07) is 9.35. The monoisotopic (exact) mass is 285 g/mol. The molecule has 1 N–H and O–H groups in total. The van der Waals surface area contributed by atoms with Gasteiger partial charge in [0.05, 0.1) is 12.8 Å². The zero-order chi connectivity index (χ0) is 14.7. The normalized spacial score (nSPS) is 14.6. The van der Waals surface area contributed by atoms with E-state index >= 15 is 0 Å². The highest BCUT2D eigenvalue weighted by Crippen LogP contribution is 2.32. The smallest absolute Gasteiger partial charge is 0.129 e. The lowest BCUT2D eigenvalue weighted by Gasteiger charge is -2.22. The molecule has 0 unspecified atom stereocenters. The van der Waals surface area contributed by atoms with Gasteiger partial charge in [-0.05, 0) is 36.6 Å². The third-order valence-corrected chi connectivity index (χ3v) is 3.71. The molecule has 4 heteroatoms. The maximum absolute atomic E-state index is 5.47. The third-order valence-electron chi connectivity index (χ3n) is 3.71. The van der Waals surface area contributed by atoms with Crippen LogP contribution in [0.4, 0.5) is 5.82 Å². The fourth-order valence-corrected chi connectivity index (χ4v) is 2.37. The van der Waals surface area contributed by atoms with Crippen LogP contribution in [0, 0.1) is 0 Å². The average molecular weight is 285 g/mol. The molecule has 1 aliphatic carbocycles. The first-order valence-electron chi connectivity index (χ1n) is 7.69. The molecule has 0 radical (unpaired) electrons. The number of nitrogens with zero attached hydrogens (tertiary/aromatic N) is 2. The minimum absolute atomic E-state index is 0.492. The van der Waals surface area contributed by atoms with E-state index in [4.69, 9.17) is 4.42 Å². The molecular formula is C17H23N3O. The van der Waals surface area contributed by atoms with Crippen molar-refractivity contribution >= 4 is 5.82 Å². The summed E-state index contributed by atoms with van der Waals surface area (Å²) in [5.41, 5.74) is 1.22. The molecule has 112 valence electrons. The first kappa shape index (κ1) is 14.1. The lowest BCUT2D eigenvalue weighted by atomic mass is 10.2. The zero-order valence-corrected chi connectivity index (χ0v) is 12.7. The van der Waals surface area contributed by atoms with Crippen LogP contribution in [0.25, 0.3) is 0 Å². The van der Waals surface area contributed by atoms with Gasteiger partial charge in [0.1, 0.15) is 11.6 Å². The standard InChI is InChI=1S/C17H23N3O/c1-13(2)18-10-14-5-8-17(19-11-14)20(15-6-7-15)12-16-4-3-9-21-16/h3-5,8-9,11,13,15,18H,6-7,10,12H2,1-2H3. The summed E-state index contributed by atoms with van der Waals surface area (Å²) in [7, 11) is 0. The summed E-state index contributed by atoms with van der Waals surface area (Å²) in [5, 5.41) is 3.41. The van der Waals surface area contributed by atoms with E-state index in [2.05, 4.69) is 41.2 Å². The number of nitrogens with one attached hydrogen (secondary N) is 1. The molecule has 1 aliphatic rings. The summed E-state index contributed by atoms with van der Waals surface area (Å²) < 4.78 is 5.47. The third kappa shape index (κ3) is 3.85. The summed E-state index contributed by atoms with van der Waals surface area (Å²) >= 11 is 0. The van der Waals surface area contributed by atoms with Gasteiger partial charge in [0.15, 0.2) is 0 Å². The Balaban J connectivity index is 1.68. The Labute approximate surface area is 126 Å². The van der Waals surface area contributed by atoms with Gasteiger partial charge in [0, 0.05) is 24.8 Å². The molecule has 0 aliphatic heterocycles. The SMILES string of the molecule is CC(C)NCc1ccc(N(Cc2ccco2)C2CC2)nc1. The number of furan rings is 1. The van der Waals surface area contributed by atoms with E-state index in [-0.39, 0.29) is 0 Å².